The lowest BCUT2D eigenvalue weighted by Gasteiger charge is -2.37. The zero-order valence-corrected chi connectivity index (χ0v) is 24.8. The van der Waals surface area contributed by atoms with Crippen LogP contribution < -0.4 is 4.74 Å². The van der Waals surface area contributed by atoms with Gasteiger partial charge >= 0.3 is 5.97 Å². The molecule has 0 aliphatic heterocycles. The van der Waals surface area contributed by atoms with Crippen LogP contribution in [0.25, 0.3) is 0 Å². The molecule has 0 bridgehead atoms. The van der Waals surface area contributed by atoms with E-state index < -0.39 is 11.6 Å². The zero-order chi connectivity index (χ0) is 27.6. The summed E-state index contributed by atoms with van der Waals surface area (Å²) in [7, 11) is 0. The number of halogens is 2. The summed E-state index contributed by atoms with van der Waals surface area (Å²) < 4.78 is 35.2. The number of unbranched alkanes of at least 4 members (excludes halogenated alkanes) is 2. The molecule has 220 valence electrons. The Kier molecular flexibility index (Phi) is 12.1. The predicted molar refractivity (Wildman–Crippen MR) is 156 cm³/mol. The number of carbonyl (C=O) groups is 1. The molecule has 3 fully saturated rings. The third-order valence-corrected chi connectivity index (χ3v) is 10.7. The highest BCUT2D eigenvalue weighted by Crippen LogP contribution is 2.43. The Morgan fingerprint density at radius 1 is 0.692 bits per heavy atom. The van der Waals surface area contributed by atoms with Gasteiger partial charge in [-0.1, -0.05) is 97.0 Å². The highest BCUT2D eigenvalue weighted by molar-refractivity contribution is 5.75. The molecule has 0 heterocycles. The molecule has 0 amide bonds. The number of benzene rings is 1. The molecule has 4 rings (SSSR count). The summed E-state index contributed by atoms with van der Waals surface area (Å²) in [5.41, 5.74) is 0.406. The van der Waals surface area contributed by atoms with Crippen LogP contribution in [0.3, 0.4) is 0 Å². The number of rotatable bonds is 12. The fourth-order valence-electron chi connectivity index (χ4n) is 8.07. The van der Waals surface area contributed by atoms with E-state index in [-0.39, 0.29) is 17.6 Å². The van der Waals surface area contributed by atoms with Crippen molar-refractivity contribution in [1.29, 1.82) is 0 Å². The Morgan fingerprint density at radius 2 is 1.26 bits per heavy atom. The molecule has 2 nitrogen and oxygen atoms in total. The maximum Gasteiger partial charge on any atom is 0.314 e. The van der Waals surface area contributed by atoms with E-state index in [1.165, 1.54) is 96.0 Å². The molecule has 0 unspecified atom stereocenters. The van der Waals surface area contributed by atoms with Crippen LogP contribution in [0.1, 0.15) is 141 Å². The van der Waals surface area contributed by atoms with Gasteiger partial charge in [-0.05, 0) is 92.6 Å². The highest BCUT2D eigenvalue weighted by atomic mass is 19.2. The molecule has 0 atom stereocenters. The number of aryl methyl sites for hydroxylation is 1. The van der Waals surface area contributed by atoms with Crippen LogP contribution in [0.5, 0.6) is 5.75 Å². The lowest BCUT2D eigenvalue weighted by atomic mass is 9.68. The second kappa shape index (κ2) is 15.5. The minimum absolute atomic E-state index is 0.198. The summed E-state index contributed by atoms with van der Waals surface area (Å²) >= 11 is 0. The molecular weight excluding hydrogens is 490 g/mol. The third kappa shape index (κ3) is 8.77. The lowest BCUT2D eigenvalue weighted by molar-refractivity contribution is -0.140. The van der Waals surface area contributed by atoms with Crippen molar-refractivity contribution in [2.24, 2.45) is 35.5 Å². The zero-order valence-electron chi connectivity index (χ0n) is 24.8. The summed E-state index contributed by atoms with van der Waals surface area (Å²) in [6, 6.07) is 3.09. The van der Waals surface area contributed by atoms with Crippen LogP contribution in [0.2, 0.25) is 0 Å². The van der Waals surface area contributed by atoms with Crippen molar-refractivity contribution in [3.05, 3.63) is 29.3 Å². The van der Waals surface area contributed by atoms with Crippen LogP contribution in [0, 0.1) is 47.1 Å². The van der Waals surface area contributed by atoms with Gasteiger partial charge < -0.3 is 4.74 Å². The van der Waals surface area contributed by atoms with Crippen LogP contribution in [0.15, 0.2) is 12.1 Å². The molecule has 0 N–H and O–H groups in total. The van der Waals surface area contributed by atoms with Crippen LogP contribution in [-0.2, 0) is 11.2 Å². The van der Waals surface area contributed by atoms with Gasteiger partial charge in [-0.2, -0.15) is 4.39 Å². The van der Waals surface area contributed by atoms with Gasteiger partial charge in [-0.15, -0.1) is 0 Å². The van der Waals surface area contributed by atoms with E-state index >= 15 is 0 Å². The average molecular weight is 545 g/mol. The van der Waals surface area contributed by atoms with E-state index in [2.05, 4.69) is 13.8 Å². The van der Waals surface area contributed by atoms with Gasteiger partial charge in [0.1, 0.15) is 0 Å². The molecule has 0 saturated heterocycles. The first kappa shape index (κ1) is 30.5. The molecule has 1 aromatic rings. The van der Waals surface area contributed by atoms with Crippen molar-refractivity contribution in [3.63, 3.8) is 0 Å². The van der Waals surface area contributed by atoms with E-state index in [1.807, 2.05) is 0 Å². The molecule has 3 saturated carbocycles. The minimum atomic E-state index is -1.00. The van der Waals surface area contributed by atoms with E-state index in [0.29, 0.717) is 23.8 Å². The first-order valence-electron chi connectivity index (χ1n) is 16.7. The quantitative estimate of drug-likeness (QED) is 0.149. The first-order valence-corrected chi connectivity index (χ1v) is 16.7. The lowest BCUT2D eigenvalue weighted by Crippen LogP contribution is -2.30. The van der Waals surface area contributed by atoms with E-state index in [4.69, 9.17) is 4.74 Å². The molecule has 39 heavy (non-hydrogen) atoms. The second-order valence-corrected chi connectivity index (χ2v) is 13.4. The Hall–Kier alpha value is -1.45. The van der Waals surface area contributed by atoms with Crippen molar-refractivity contribution in [2.75, 3.05) is 0 Å². The smallest absolute Gasteiger partial charge is 0.314 e. The van der Waals surface area contributed by atoms with Crippen LogP contribution in [-0.4, -0.2) is 5.97 Å². The third-order valence-electron chi connectivity index (χ3n) is 10.7. The normalized spacial score (nSPS) is 29.7. The number of hydrogen-bond acceptors (Lipinski definition) is 2. The molecule has 3 aliphatic rings. The van der Waals surface area contributed by atoms with Gasteiger partial charge in [0.2, 0.25) is 5.82 Å². The molecule has 3 aliphatic carbocycles. The van der Waals surface area contributed by atoms with Crippen molar-refractivity contribution < 1.29 is 18.3 Å². The summed E-state index contributed by atoms with van der Waals surface area (Å²) in [6.45, 7) is 4.52. The van der Waals surface area contributed by atoms with E-state index in [1.54, 1.807) is 6.07 Å². The summed E-state index contributed by atoms with van der Waals surface area (Å²) in [6.07, 6.45) is 23.6. The number of esters is 1. The molecule has 0 spiro atoms. The van der Waals surface area contributed by atoms with E-state index in [9.17, 15) is 13.6 Å². The van der Waals surface area contributed by atoms with Gasteiger partial charge in [-0.25, -0.2) is 4.39 Å². The Bertz CT molecular complexity index is 875. The van der Waals surface area contributed by atoms with Crippen molar-refractivity contribution in [1.82, 2.24) is 0 Å². The fraction of sp³-hybridized carbons (Fsp3) is 0.800. The van der Waals surface area contributed by atoms with Crippen LogP contribution in [0.4, 0.5) is 8.78 Å². The molecule has 0 radical (unpaired) electrons. The predicted octanol–water partition coefficient (Wildman–Crippen LogP) is 10.6. The Morgan fingerprint density at radius 3 is 1.87 bits per heavy atom. The molecule has 1 aromatic carbocycles. The first-order chi connectivity index (χ1) is 19.0. The molecule has 4 heteroatoms. The van der Waals surface area contributed by atoms with Crippen molar-refractivity contribution in [3.8, 4) is 5.75 Å². The Balaban J connectivity index is 1.19. The van der Waals surface area contributed by atoms with Crippen molar-refractivity contribution in [2.45, 2.75) is 142 Å². The average Bonchev–Trinajstić information content (AvgIpc) is 2.96. The summed E-state index contributed by atoms with van der Waals surface area (Å²) in [5.74, 6) is 1.22. The van der Waals surface area contributed by atoms with Gasteiger partial charge in [0.25, 0.3) is 0 Å². The van der Waals surface area contributed by atoms with Gasteiger partial charge in [0.15, 0.2) is 11.6 Å². The van der Waals surface area contributed by atoms with Gasteiger partial charge in [0, 0.05) is 0 Å². The summed E-state index contributed by atoms with van der Waals surface area (Å²) in [4.78, 5) is 12.9. The standard InChI is InChI=1S/C35H54F2O2/c1-3-5-6-8-26-13-16-28(17-14-26)29-19-21-31(22-20-29)35(38)39-32-24-23-30(33(36)34(32)37)18-15-27-11-9-25(7-4-2)10-12-27/h23-29,31H,3-22H2,1-2H3. The summed E-state index contributed by atoms with van der Waals surface area (Å²) in [5, 5.41) is 0. The monoisotopic (exact) mass is 544 g/mol. The largest absolute Gasteiger partial charge is 0.423 e. The van der Waals surface area contributed by atoms with Gasteiger partial charge in [-0.3, -0.25) is 4.79 Å². The Labute approximate surface area is 237 Å². The topological polar surface area (TPSA) is 26.3 Å². The second-order valence-electron chi connectivity index (χ2n) is 13.4. The van der Waals surface area contributed by atoms with Gasteiger partial charge in [0.05, 0.1) is 5.92 Å². The molecular formula is C35H54F2O2. The van der Waals surface area contributed by atoms with E-state index in [0.717, 1.165) is 49.9 Å². The minimum Gasteiger partial charge on any atom is -0.423 e. The maximum atomic E-state index is 14.9. The fourth-order valence-corrected chi connectivity index (χ4v) is 8.07. The maximum absolute atomic E-state index is 14.9. The van der Waals surface area contributed by atoms with Crippen LogP contribution >= 0.6 is 0 Å². The number of hydrogen-bond donors (Lipinski definition) is 0. The number of carbonyl (C=O) groups excluding carboxylic acids is 1. The SMILES string of the molecule is CCCCCC1CCC(C2CCC(C(=O)Oc3ccc(CCC4CCC(CCC)CC4)c(F)c3F)CC2)CC1. The number of ether oxygens (including phenoxy) is 1. The molecule has 0 aromatic heterocycles. The highest BCUT2D eigenvalue weighted by Gasteiger charge is 2.34. The van der Waals surface area contributed by atoms with Crippen molar-refractivity contribution >= 4 is 5.97 Å².